The van der Waals surface area contributed by atoms with Crippen molar-refractivity contribution < 1.29 is 9.66 Å². The van der Waals surface area contributed by atoms with Gasteiger partial charge in [0, 0.05) is 13.7 Å². The molecule has 0 radical (unpaired) electrons. The first kappa shape index (κ1) is 12.5. The maximum Gasteiger partial charge on any atom is 0.329 e. The van der Waals surface area contributed by atoms with Crippen molar-refractivity contribution in [2.24, 2.45) is 0 Å². The fourth-order valence-corrected chi connectivity index (χ4v) is 1.92. The molecule has 0 bridgehead atoms. The Morgan fingerprint density at radius 3 is 2.89 bits per heavy atom. The number of nitrogen functional groups attached to an aromatic ring is 1. The van der Waals surface area contributed by atoms with Gasteiger partial charge in [-0.05, 0) is 19.3 Å². The van der Waals surface area contributed by atoms with Crippen LogP contribution in [0.5, 0.6) is 0 Å². The molecule has 0 atom stereocenters. The fraction of sp³-hybridized carbons (Fsp3) is 0.600. The van der Waals surface area contributed by atoms with Gasteiger partial charge in [0.1, 0.15) is 6.20 Å². The molecule has 1 fully saturated rings. The first-order valence-electron chi connectivity index (χ1n) is 5.62. The molecule has 8 nitrogen and oxygen atoms in total. The van der Waals surface area contributed by atoms with E-state index in [1.165, 1.54) is 0 Å². The van der Waals surface area contributed by atoms with Gasteiger partial charge in [-0.25, -0.2) is 4.98 Å². The summed E-state index contributed by atoms with van der Waals surface area (Å²) in [5, 5.41) is 13.8. The van der Waals surface area contributed by atoms with Gasteiger partial charge in [0.15, 0.2) is 0 Å². The summed E-state index contributed by atoms with van der Waals surface area (Å²) in [6, 6.07) is 0. The van der Waals surface area contributed by atoms with Crippen molar-refractivity contribution in [3.8, 4) is 0 Å². The Hall–Kier alpha value is -1.96. The number of ether oxygens (including phenoxy) is 1. The van der Waals surface area contributed by atoms with Crippen molar-refractivity contribution in [1.82, 2.24) is 9.97 Å². The van der Waals surface area contributed by atoms with Crippen molar-refractivity contribution >= 4 is 17.5 Å². The zero-order valence-corrected chi connectivity index (χ0v) is 10.0. The molecular formula is C10H15N5O3. The van der Waals surface area contributed by atoms with Crippen LogP contribution in [0, 0.1) is 10.1 Å². The van der Waals surface area contributed by atoms with E-state index in [9.17, 15) is 10.1 Å². The van der Waals surface area contributed by atoms with Crippen molar-refractivity contribution in [3.05, 3.63) is 16.3 Å². The molecule has 1 aromatic rings. The van der Waals surface area contributed by atoms with Crippen molar-refractivity contribution in [2.75, 3.05) is 24.7 Å². The van der Waals surface area contributed by atoms with Gasteiger partial charge >= 0.3 is 5.69 Å². The minimum atomic E-state index is -0.540. The lowest BCUT2D eigenvalue weighted by Gasteiger charge is -2.40. The summed E-state index contributed by atoms with van der Waals surface area (Å²) in [7, 11) is 1.64. The highest BCUT2D eigenvalue weighted by atomic mass is 16.6. The summed E-state index contributed by atoms with van der Waals surface area (Å²) >= 11 is 0. The minimum absolute atomic E-state index is 0.00294. The van der Waals surface area contributed by atoms with E-state index in [2.05, 4.69) is 15.3 Å². The number of aromatic nitrogens is 2. The lowest BCUT2D eigenvalue weighted by Crippen LogP contribution is -2.45. The standard InChI is InChI=1S/C10H15N5O3/c1-18-10(3-2-4-10)6-13-8-7(15(16)17)5-12-9(11)14-8/h5H,2-4,6H2,1H3,(H3,11,12,13,14). The highest BCUT2D eigenvalue weighted by Crippen LogP contribution is 2.35. The van der Waals surface area contributed by atoms with Crippen LogP contribution in [-0.2, 0) is 4.74 Å². The molecule has 1 aliphatic rings. The predicted molar refractivity (Wildman–Crippen MR) is 65.2 cm³/mol. The van der Waals surface area contributed by atoms with E-state index >= 15 is 0 Å². The maximum absolute atomic E-state index is 10.8. The molecule has 0 unspecified atom stereocenters. The van der Waals surface area contributed by atoms with Crippen molar-refractivity contribution in [3.63, 3.8) is 0 Å². The summed E-state index contributed by atoms with van der Waals surface area (Å²) in [4.78, 5) is 17.7. The number of nitrogens with zero attached hydrogens (tertiary/aromatic N) is 3. The second kappa shape index (κ2) is 4.73. The normalized spacial score (nSPS) is 16.9. The summed E-state index contributed by atoms with van der Waals surface area (Å²) in [5.74, 6) is 0.138. The first-order valence-corrected chi connectivity index (χ1v) is 5.62. The summed E-state index contributed by atoms with van der Waals surface area (Å²) in [5.41, 5.74) is 5.00. The maximum atomic E-state index is 10.8. The van der Waals surface area contributed by atoms with Crippen LogP contribution in [0.2, 0.25) is 0 Å². The molecule has 2 rings (SSSR count). The Bertz CT molecular complexity index is 455. The van der Waals surface area contributed by atoms with Crippen LogP contribution in [0.1, 0.15) is 19.3 Å². The number of hydrogen-bond acceptors (Lipinski definition) is 7. The first-order chi connectivity index (χ1) is 8.56. The second-order valence-corrected chi connectivity index (χ2v) is 4.31. The van der Waals surface area contributed by atoms with Crippen LogP contribution in [-0.4, -0.2) is 34.1 Å². The Morgan fingerprint density at radius 2 is 2.39 bits per heavy atom. The number of anilines is 2. The Labute approximate surface area is 104 Å². The average Bonchev–Trinajstić information content (AvgIpc) is 2.28. The van der Waals surface area contributed by atoms with Crippen LogP contribution >= 0.6 is 0 Å². The highest BCUT2D eigenvalue weighted by Gasteiger charge is 2.37. The topological polar surface area (TPSA) is 116 Å². The van der Waals surface area contributed by atoms with E-state index in [1.807, 2.05) is 0 Å². The molecular weight excluding hydrogens is 238 g/mol. The molecule has 1 aromatic heterocycles. The van der Waals surface area contributed by atoms with E-state index in [0.29, 0.717) is 6.54 Å². The molecule has 1 heterocycles. The molecule has 0 aromatic carbocycles. The number of methoxy groups -OCH3 is 1. The molecule has 1 aliphatic carbocycles. The van der Waals surface area contributed by atoms with Gasteiger partial charge in [0.05, 0.1) is 10.5 Å². The Morgan fingerprint density at radius 1 is 1.67 bits per heavy atom. The lowest BCUT2D eigenvalue weighted by atomic mass is 9.80. The monoisotopic (exact) mass is 253 g/mol. The van der Waals surface area contributed by atoms with Crippen LogP contribution in [0.3, 0.4) is 0 Å². The average molecular weight is 253 g/mol. The van der Waals surface area contributed by atoms with Gasteiger partial charge in [-0.3, -0.25) is 10.1 Å². The molecule has 0 aliphatic heterocycles. The van der Waals surface area contributed by atoms with E-state index in [4.69, 9.17) is 10.5 Å². The third kappa shape index (κ3) is 2.33. The van der Waals surface area contributed by atoms with Crippen molar-refractivity contribution in [2.45, 2.75) is 24.9 Å². The molecule has 0 saturated heterocycles. The van der Waals surface area contributed by atoms with Crippen LogP contribution in [0.15, 0.2) is 6.20 Å². The quantitative estimate of drug-likeness (QED) is 0.592. The summed E-state index contributed by atoms with van der Waals surface area (Å²) in [6.07, 6.45) is 4.07. The number of nitrogens with one attached hydrogen (secondary N) is 1. The van der Waals surface area contributed by atoms with Gasteiger partial charge < -0.3 is 15.8 Å². The molecule has 0 amide bonds. The molecule has 1 saturated carbocycles. The van der Waals surface area contributed by atoms with E-state index in [0.717, 1.165) is 25.5 Å². The molecule has 8 heteroatoms. The smallest absolute Gasteiger partial charge is 0.329 e. The molecule has 18 heavy (non-hydrogen) atoms. The number of nitro groups is 1. The molecule has 0 spiro atoms. The van der Waals surface area contributed by atoms with E-state index in [-0.39, 0.29) is 23.1 Å². The summed E-state index contributed by atoms with van der Waals surface area (Å²) < 4.78 is 5.42. The zero-order valence-electron chi connectivity index (χ0n) is 10.0. The van der Waals surface area contributed by atoms with E-state index < -0.39 is 4.92 Å². The van der Waals surface area contributed by atoms with Gasteiger partial charge in [0.25, 0.3) is 0 Å². The third-order valence-corrected chi connectivity index (χ3v) is 3.26. The number of nitrogens with two attached hydrogens (primary N) is 1. The van der Waals surface area contributed by atoms with Gasteiger partial charge in [0.2, 0.25) is 11.8 Å². The summed E-state index contributed by atoms with van der Waals surface area (Å²) in [6.45, 7) is 0.473. The Kier molecular flexibility index (Phi) is 3.28. The third-order valence-electron chi connectivity index (χ3n) is 3.26. The second-order valence-electron chi connectivity index (χ2n) is 4.31. The largest absolute Gasteiger partial charge is 0.376 e. The van der Waals surface area contributed by atoms with Crippen LogP contribution in [0.4, 0.5) is 17.5 Å². The van der Waals surface area contributed by atoms with Crippen LogP contribution < -0.4 is 11.1 Å². The number of rotatable bonds is 5. The minimum Gasteiger partial charge on any atom is -0.376 e. The van der Waals surface area contributed by atoms with Crippen LogP contribution in [0.25, 0.3) is 0 Å². The number of hydrogen-bond donors (Lipinski definition) is 2. The van der Waals surface area contributed by atoms with Gasteiger partial charge in [-0.2, -0.15) is 4.98 Å². The van der Waals surface area contributed by atoms with Crippen molar-refractivity contribution in [1.29, 1.82) is 0 Å². The fourth-order valence-electron chi connectivity index (χ4n) is 1.92. The van der Waals surface area contributed by atoms with Gasteiger partial charge in [-0.1, -0.05) is 0 Å². The predicted octanol–water partition coefficient (Wildman–Crippen LogP) is 0.948. The van der Waals surface area contributed by atoms with E-state index in [1.54, 1.807) is 7.11 Å². The molecule has 3 N–H and O–H groups in total. The zero-order chi connectivity index (χ0) is 13.2. The Balaban J connectivity index is 2.12. The SMILES string of the molecule is COC1(CNc2nc(N)ncc2[N+](=O)[O-])CCC1. The lowest BCUT2D eigenvalue weighted by molar-refractivity contribution is -0.384. The van der Waals surface area contributed by atoms with Gasteiger partial charge in [-0.15, -0.1) is 0 Å². The molecule has 98 valence electrons. The highest BCUT2D eigenvalue weighted by molar-refractivity contribution is 5.56.